The van der Waals surface area contributed by atoms with Crippen molar-refractivity contribution in [3.05, 3.63) is 28.3 Å². The molecule has 0 fully saturated rings. The third-order valence-electron chi connectivity index (χ3n) is 1.06. The second kappa shape index (κ2) is 2.51. The second-order valence-corrected chi connectivity index (χ2v) is 2.23. The summed E-state index contributed by atoms with van der Waals surface area (Å²) in [5, 5.41) is 8.94. The van der Waals surface area contributed by atoms with Gasteiger partial charge in [0.15, 0.2) is 0 Å². The summed E-state index contributed by atoms with van der Waals surface area (Å²) in [5.41, 5.74) is -0.722. The molecule has 0 aliphatic rings. The minimum atomic E-state index is -2.56. The van der Waals surface area contributed by atoms with Gasteiger partial charge in [-0.15, -0.1) is 0 Å². The van der Waals surface area contributed by atoms with Gasteiger partial charge in [0.1, 0.15) is 5.75 Å². The third kappa shape index (κ3) is 1.24. The van der Waals surface area contributed by atoms with Crippen molar-refractivity contribution in [1.82, 2.24) is 0 Å². The molecule has 0 heterocycles. The number of phenolic OH excluding ortho intramolecular Hbond substituents is 1. The van der Waals surface area contributed by atoms with E-state index in [0.29, 0.717) is 0 Å². The Balaban J connectivity index is 3.51. The van der Waals surface area contributed by atoms with Crippen LogP contribution in [-0.4, -0.2) is 5.11 Å². The maximum Gasteiger partial charge on any atom is 0.116 e. The fourth-order valence-corrected chi connectivity index (χ4v) is 0.718. The Morgan fingerprint density at radius 3 is 2.30 bits per heavy atom. The van der Waals surface area contributed by atoms with E-state index in [1.54, 1.807) is 0 Å². The molecule has 2 heteroatoms. The van der Waals surface area contributed by atoms with Crippen molar-refractivity contribution in [3.8, 4) is 5.75 Å². The lowest BCUT2D eigenvalue weighted by molar-refractivity contribution is 0.474. The molecule has 0 spiro atoms. The maximum absolute atomic E-state index is 9.29. The van der Waals surface area contributed by atoms with Crippen molar-refractivity contribution < 1.29 is 13.3 Å². The number of aryl methyl sites for hydroxylation is 2. The van der Waals surface area contributed by atoms with Crippen molar-refractivity contribution in [2.24, 2.45) is 0 Å². The lowest BCUT2D eigenvalue weighted by Crippen LogP contribution is -1.79. The van der Waals surface area contributed by atoms with Gasteiger partial charge in [-0.25, -0.2) is 0 Å². The molecule has 0 aliphatic carbocycles. The maximum atomic E-state index is 9.29. The third-order valence-corrected chi connectivity index (χ3v) is 1.46. The summed E-state index contributed by atoms with van der Waals surface area (Å²) in [6.07, 6.45) is 0. The van der Waals surface area contributed by atoms with E-state index < -0.39 is 19.5 Å². The molecule has 54 valence electrons. The second-order valence-electron chi connectivity index (χ2n) is 1.85. The average molecular weight is 163 g/mol. The number of hydrogen-bond acceptors (Lipinski definition) is 1. The minimum absolute atomic E-state index is 0.349. The summed E-state index contributed by atoms with van der Waals surface area (Å²) in [6.45, 7) is -5.12. The van der Waals surface area contributed by atoms with E-state index in [4.69, 9.17) is 19.8 Å². The van der Waals surface area contributed by atoms with E-state index >= 15 is 0 Å². The molecule has 0 aromatic heterocycles. The van der Waals surface area contributed by atoms with Gasteiger partial charge in [0, 0.05) is 13.2 Å². The van der Waals surface area contributed by atoms with Crippen LogP contribution in [0.2, 0.25) is 5.02 Å². The predicted molar refractivity (Wildman–Crippen MR) is 42.6 cm³/mol. The molecule has 0 atom stereocenters. The average Bonchev–Trinajstić information content (AvgIpc) is 2.04. The molecule has 0 radical (unpaired) electrons. The Morgan fingerprint density at radius 1 is 1.40 bits per heavy atom. The zero-order valence-corrected chi connectivity index (χ0v) is 5.74. The normalized spacial score (nSPS) is 21.3. The Labute approximate surface area is 73.7 Å². The first-order valence-corrected chi connectivity index (χ1v) is 2.95. The van der Waals surface area contributed by atoms with E-state index in [2.05, 4.69) is 0 Å². The van der Waals surface area contributed by atoms with Crippen LogP contribution in [0.1, 0.15) is 19.4 Å². The van der Waals surface area contributed by atoms with Gasteiger partial charge >= 0.3 is 0 Å². The first kappa shape index (κ1) is 2.74. The molecule has 0 saturated carbocycles. The smallest absolute Gasteiger partial charge is 0.116 e. The van der Waals surface area contributed by atoms with Crippen molar-refractivity contribution in [1.29, 1.82) is 0 Å². The highest BCUT2D eigenvalue weighted by atomic mass is 35.5. The lowest BCUT2D eigenvalue weighted by atomic mass is 10.1. The van der Waals surface area contributed by atoms with Gasteiger partial charge in [-0.3, -0.25) is 0 Å². The van der Waals surface area contributed by atoms with Crippen LogP contribution < -0.4 is 0 Å². The fraction of sp³-hybridized carbons (Fsp3) is 0.250. The molecule has 1 N–H and O–H groups in total. The fourth-order valence-electron chi connectivity index (χ4n) is 0.609. The van der Waals surface area contributed by atoms with Gasteiger partial charge in [-0.05, 0) is 37.0 Å². The van der Waals surface area contributed by atoms with Gasteiger partial charge in [-0.1, -0.05) is 11.6 Å². The number of hydrogen-bond donors (Lipinski definition) is 1. The van der Waals surface area contributed by atoms with Crippen LogP contribution in [0.3, 0.4) is 0 Å². The summed E-state index contributed by atoms with van der Waals surface area (Å²) in [4.78, 5) is 0. The summed E-state index contributed by atoms with van der Waals surface area (Å²) in [7, 11) is 0. The molecule has 0 aliphatic heterocycles. The SMILES string of the molecule is [2H]C([2H])([2H])c1cc(O)cc(C([2H])([2H])[2H])c1Cl. The lowest BCUT2D eigenvalue weighted by Gasteiger charge is -2.01. The highest BCUT2D eigenvalue weighted by molar-refractivity contribution is 6.32. The molecular formula is C8H9ClO. The quantitative estimate of drug-likeness (QED) is 0.622. The molecule has 1 rings (SSSR count). The first-order chi connectivity index (χ1) is 7.03. The zero-order chi connectivity index (χ0) is 12.7. The number of rotatable bonds is 0. The van der Waals surface area contributed by atoms with Crippen LogP contribution >= 0.6 is 11.6 Å². The molecule has 0 bridgehead atoms. The van der Waals surface area contributed by atoms with E-state index in [0.717, 1.165) is 12.1 Å². The van der Waals surface area contributed by atoms with Gasteiger partial charge in [0.25, 0.3) is 0 Å². The van der Waals surface area contributed by atoms with Gasteiger partial charge < -0.3 is 5.11 Å². The highest BCUT2D eigenvalue weighted by Gasteiger charge is 1.99. The van der Waals surface area contributed by atoms with Gasteiger partial charge in [0.2, 0.25) is 0 Å². The largest absolute Gasteiger partial charge is 0.508 e. The molecule has 1 aromatic carbocycles. The van der Waals surface area contributed by atoms with E-state index in [1.807, 2.05) is 0 Å². The monoisotopic (exact) mass is 162 g/mol. The Hall–Kier alpha value is -0.690. The highest BCUT2D eigenvalue weighted by Crippen LogP contribution is 2.24. The van der Waals surface area contributed by atoms with Crippen LogP contribution in [-0.2, 0) is 0 Å². The van der Waals surface area contributed by atoms with Crippen molar-refractivity contribution >= 4 is 11.6 Å². The number of phenols is 1. The standard InChI is InChI=1S/C8H9ClO/c1-5-3-7(10)4-6(2)8(5)9/h3-4,10H,1-2H3/i1D3,2D3. The van der Waals surface area contributed by atoms with Crippen molar-refractivity contribution in [2.45, 2.75) is 13.7 Å². The van der Waals surface area contributed by atoms with Crippen LogP contribution in [0.25, 0.3) is 0 Å². The molecule has 0 unspecified atom stereocenters. The van der Waals surface area contributed by atoms with E-state index in [9.17, 15) is 5.11 Å². The van der Waals surface area contributed by atoms with Crippen molar-refractivity contribution in [2.75, 3.05) is 0 Å². The van der Waals surface area contributed by atoms with Crippen molar-refractivity contribution in [3.63, 3.8) is 0 Å². The minimum Gasteiger partial charge on any atom is -0.508 e. The summed E-state index contributed by atoms with van der Waals surface area (Å²) < 4.78 is 43.0. The molecule has 1 nitrogen and oxygen atoms in total. The Bertz CT molecular complexity index is 373. The van der Waals surface area contributed by atoms with Crippen LogP contribution in [0.5, 0.6) is 5.75 Å². The topological polar surface area (TPSA) is 20.2 Å². The number of halogens is 1. The first-order valence-electron chi connectivity index (χ1n) is 5.57. The van der Waals surface area contributed by atoms with E-state index in [1.165, 1.54) is 0 Å². The number of benzene rings is 1. The molecule has 0 saturated heterocycles. The zero-order valence-electron chi connectivity index (χ0n) is 11.0. The molecular weight excluding hydrogens is 148 g/mol. The molecule has 10 heavy (non-hydrogen) atoms. The molecule has 0 amide bonds. The summed E-state index contributed by atoms with van der Waals surface area (Å²) in [5.74, 6) is -0.429. The van der Waals surface area contributed by atoms with Crippen LogP contribution in [0, 0.1) is 13.7 Å². The Morgan fingerprint density at radius 2 is 1.90 bits per heavy atom. The number of aromatic hydroxyl groups is 1. The predicted octanol–water partition coefficient (Wildman–Crippen LogP) is 2.66. The molecule has 1 aromatic rings. The summed E-state index contributed by atoms with van der Waals surface area (Å²) >= 11 is 5.72. The van der Waals surface area contributed by atoms with Crippen LogP contribution in [0.15, 0.2) is 12.1 Å². The van der Waals surface area contributed by atoms with Gasteiger partial charge in [0.05, 0.1) is 0 Å². The van der Waals surface area contributed by atoms with Crippen LogP contribution in [0.4, 0.5) is 0 Å². The van der Waals surface area contributed by atoms with Gasteiger partial charge in [-0.2, -0.15) is 0 Å². The summed E-state index contributed by atoms with van der Waals surface area (Å²) in [6, 6.07) is 1.90. The van der Waals surface area contributed by atoms with E-state index in [-0.39, 0.29) is 16.1 Å². The Kier molecular flexibility index (Phi) is 0.688.